The molecule has 0 bridgehead atoms. The minimum Gasteiger partial charge on any atom is -0.364 e. The summed E-state index contributed by atoms with van der Waals surface area (Å²) in [5, 5.41) is 3.78. The van der Waals surface area contributed by atoms with Gasteiger partial charge in [-0.1, -0.05) is 22.8 Å². The van der Waals surface area contributed by atoms with Crippen molar-refractivity contribution in [3.63, 3.8) is 0 Å². The van der Waals surface area contributed by atoms with Crippen molar-refractivity contribution in [2.24, 2.45) is 0 Å². The van der Waals surface area contributed by atoms with Crippen LogP contribution in [0.3, 0.4) is 0 Å². The lowest BCUT2D eigenvalue weighted by molar-refractivity contribution is 0.422. The molecule has 1 aromatic heterocycles. The monoisotopic (exact) mass is 197 g/mol. The fraction of sp³-hybridized carbons (Fsp3) is 0. The highest BCUT2D eigenvalue weighted by Gasteiger charge is 2.04. The summed E-state index contributed by atoms with van der Waals surface area (Å²) in [6.07, 6.45) is 1.43. The number of aromatic nitrogens is 1. The van der Waals surface area contributed by atoms with Crippen LogP contribution in [0.15, 0.2) is 35.1 Å². The molecule has 0 fully saturated rings. The molecular formula is C9H5ClFNO. The molecule has 0 saturated carbocycles. The van der Waals surface area contributed by atoms with Crippen LogP contribution in [0, 0.1) is 5.82 Å². The molecule has 66 valence electrons. The maximum Gasteiger partial charge on any atom is 0.142 e. The molecule has 2 aromatic rings. The fourth-order valence-electron chi connectivity index (χ4n) is 1.02. The molecule has 0 atom stereocenters. The average molecular weight is 198 g/mol. The second-order valence-electron chi connectivity index (χ2n) is 2.51. The standard InChI is InChI=1S/C9H5ClFNO/c10-7-2-1-6(5-8(7)11)9-3-4-13-12-9/h1-5H. The van der Waals surface area contributed by atoms with Gasteiger partial charge in [0, 0.05) is 11.6 Å². The molecular weight excluding hydrogens is 193 g/mol. The van der Waals surface area contributed by atoms with E-state index in [4.69, 9.17) is 11.6 Å². The van der Waals surface area contributed by atoms with Crippen LogP contribution in [0.2, 0.25) is 5.02 Å². The van der Waals surface area contributed by atoms with E-state index in [1.807, 2.05) is 0 Å². The number of halogens is 2. The van der Waals surface area contributed by atoms with Crippen molar-refractivity contribution in [2.75, 3.05) is 0 Å². The molecule has 0 N–H and O–H groups in total. The van der Waals surface area contributed by atoms with E-state index in [0.717, 1.165) is 0 Å². The summed E-state index contributed by atoms with van der Waals surface area (Å²) in [6, 6.07) is 6.15. The van der Waals surface area contributed by atoms with E-state index in [-0.39, 0.29) is 5.02 Å². The van der Waals surface area contributed by atoms with Gasteiger partial charge in [-0.05, 0) is 12.1 Å². The summed E-state index contributed by atoms with van der Waals surface area (Å²) in [4.78, 5) is 0. The quantitative estimate of drug-likeness (QED) is 0.702. The molecule has 1 heterocycles. The van der Waals surface area contributed by atoms with Gasteiger partial charge in [-0.15, -0.1) is 0 Å². The van der Waals surface area contributed by atoms with Gasteiger partial charge in [-0.3, -0.25) is 0 Å². The van der Waals surface area contributed by atoms with Crippen LogP contribution in [0.25, 0.3) is 11.3 Å². The molecule has 0 aliphatic heterocycles. The van der Waals surface area contributed by atoms with Crippen molar-refractivity contribution in [1.82, 2.24) is 5.16 Å². The Morgan fingerprint density at radius 2 is 2.15 bits per heavy atom. The smallest absolute Gasteiger partial charge is 0.142 e. The van der Waals surface area contributed by atoms with Crippen molar-refractivity contribution in [3.05, 3.63) is 41.4 Å². The molecule has 0 saturated heterocycles. The third-order valence-electron chi connectivity index (χ3n) is 1.65. The van der Waals surface area contributed by atoms with Crippen molar-refractivity contribution < 1.29 is 8.91 Å². The Hall–Kier alpha value is -1.35. The van der Waals surface area contributed by atoms with E-state index in [1.165, 1.54) is 18.4 Å². The van der Waals surface area contributed by atoms with E-state index in [9.17, 15) is 4.39 Å². The zero-order valence-electron chi connectivity index (χ0n) is 6.50. The number of hydrogen-bond donors (Lipinski definition) is 0. The average Bonchev–Trinajstić information content (AvgIpc) is 2.62. The molecule has 13 heavy (non-hydrogen) atoms. The highest BCUT2D eigenvalue weighted by molar-refractivity contribution is 6.30. The van der Waals surface area contributed by atoms with Gasteiger partial charge >= 0.3 is 0 Å². The maximum absolute atomic E-state index is 13.0. The molecule has 2 rings (SSSR count). The number of hydrogen-bond acceptors (Lipinski definition) is 2. The maximum atomic E-state index is 13.0. The zero-order valence-corrected chi connectivity index (χ0v) is 7.25. The van der Waals surface area contributed by atoms with Gasteiger partial charge in [0.25, 0.3) is 0 Å². The summed E-state index contributed by atoms with van der Waals surface area (Å²) in [5.74, 6) is -0.456. The molecule has 0 spiro atoms. The predicted octanol–water partition coefficient (Wildman–Crippen LogP) is 3.13. The van der Waals surface area contributed by atoms with E-state index in [0.29, 0.717) is 11.3 Å². The SMILES string of the molecule is Fc1cc(-c2ccon2)ccc1Cl. The van der Waals surface area contributed by atoms with Gasteiger partial charge in [-0.2, -0.15) is 0 Å². The topological polar surface area (TPSA) is 26.0 Å². The molecule has 0 radical (unpaired) electrons. The van der Waals surface area contributed by atoms with Crippen molar-refractivity contribution in [1.29, 1.82) is 0 Å². The Kier molecular flexibility index (Phi) is 2.02. The Balaban J connectivity index is 2.49. The van der Waals surface area contributed by atoms with E-state index < -0.39 is 5.82 Å². The number of benzene rings is 1. The first kappa shape index (κ1) is 8.26. The molecule has 0 aliphatic carbocycles. The van der Waals surface area contributed by atoms with Gasteiger partial charge in [-0.25, -0.2) is 4.39 Å². The number of rotatable bonds is 1. The van der Waals surface area contributed by atoms with Crippen LogP contribution < -0.4 is 0 Å². The Morgan fingerprint density at radius 1 is 1.31 bits per heavy atom. The Labute approximate surface area is 78.9 Å². The van der Waals surface area contributed by atoms with E-state index >= 15 is 0 Å². The molecule has 1 aromatic carbocycles. The summed E-state index contributed by atoms with van der Waals surface area (Å²) in [7, 11) is 0. The van der Waals surface area contributed by atoms with Crippen LogP contribution in [0.4, 0.5) is 4.39 Å². The minimum atomic E-state index is -0.456. The van der Waals surface area contributed by atoms with Crippen LogP contribution in [0.5, 0.6) is 0 Å². The van der Waals surface area contributed by atoms with Crippen LogP contribution in [0.1, 0.15) is 0 Å². The molecule has 0 aliphatic rings. The van der Waals surface area contributed by atoms with E-state index in [2.05, 4.69) is 9.68 Å². The third-order valence-corrected chi connectivity index (χ3v) is 1.96. The third kappa shape index (κ3) is 1.55. The zero-order chi connectivity index (χ0) is 9.26. The number of nitrogens with zero attached hydrogens (tertiary/aromatic N) is 1. The first-order valence-corrected chi connectivity index (χ1v) is 4.01. The lowest BCUT2D eigenvalue weighted by atomic mass is 10.1. The molecule has 4 heteroatoms. The Bertz CT molecular complexity index is 414. The summed E-state index contributed by atoms with van der Waals surface area (Å²) in [6.45, 7) is 0. The minimum absolute atomic E-state index is 0.104. The molecule has 2 nitrogen and oxygen atoms in total. The second-order valence-corrected chi connectivity index (χ2v) is 2.92. The van der Waals surface area contributed by atoms with Gasteiger partial charge in [0.2, 0.25) is 0 Å². The van der Waals surface area contributed by atoms with Crippen LogP contribution in [-0.2, 0) is 0 Å². The summed E-state index contributed by atoms with van der Waals surface area (Å²) < 4.78 is 17.6. The highest BCUT2D eigenvalue weighted by atomic mass is 35.5. The second kappa shape index (κ2) is 3.18. The lowest BCUT2D eigenvalue weighted by Gasteiger charge is -1.96. The van der Waals surface area contributed by atoms with Crippen LogP contribution in [-0.4, -0.2) is 5.16 Å². The first-order chi connectivity index (χ1) is 6.27. The van der Waals surface area contributed by atoms with Crippen LogP contribution >= 0.6 is 11.6 Å². The molecule has 0 amide bonds. The van der Waals surface area contributed by atoms with Gasteiger partial charge in [0.15, 0.2) is 0 Å². The van der Waals surface area contributed by atoms with Gasteiger partial charge in [0.1, 0.15) is 17.8 Å². The largest absolute Gasteiger partial charge is 0.364 e. The van der Waals surface area contributed by atoms with E-state index in [1.54, 1.807) is 12.1 Å². The van der Waals surface area contributed by atoms with Crippen molar-refractivity contribution >= 4 is 11.6 Å². The summed E-state index contributed by atoms with van der Waals surface area (Å²) >= 11 is 5.52. The van der Waals surface area contributed by atoms with Crippen molar-refractivity contribution in [3.8, 4) is 11.3 Å². The normalized spacial score (nSPS) is 10.3. The fourth-order valence-corrected chi connectivity index (χ4v) is 1.13. The highest BCUT2D eigenvalue weighted by Crippen LogP contribution is 2.22. The Morgan fingerprint density at radius 3 is 2.77 bits per heavy atom. The van der Waals surface area contributed by atoms with Crippen molar-refractivity contribution in [2.45, 2.75) is 0 Å². The first-order valence-electron chi connectivity index (χ1n) is 3.63. The summed E-state index contributed by atoms with van der Waals surface area (Å²) in [5.41, 5.74) is 1.24. The predicted molar refractivity (Wildman–Crippen MR) is 46.9 cm³/mol. The van der Waals surface area contributed by atoms with Gasteiger partial charge in [0.05, 0.1) is 5.02 Å². The van der Waals surface area contributed by atoms with Gasteiger partial charge < -0.3 is 4.52 Å². The molecule has 0 unspecified atom stereocenters. The lowest BCUT2D eigenvalue weighted by Crippen LogP contribution is -1.80.